The maximum absolute atomic E-state index is 12.7. The van der Waals surface area contributed by atoms with Crippen molar-refractivity contribution < 1.29 is 17.6 Å². The predicted molar refractivity (Wildman–Crippen MR) is 117 cm³/mol. The van der Waals surface area contributed by atoms with Crippen LogP contribution in [0.1, 0.15) is 28.6 Å². The number of furan rings is 1. The average Bonchev–Trinajstić information content (AvgIpc) is 3.32. The zero-order valence-electron chi connectivity index (χ0n) is 16.6. The minimum absolute atomic E-state index is 0.224. The van der Waals surface area contributed by atoms with Crippen LogP contribution in [-0.4, -0.2) is 29.9 Å². The van der Waals surface area contributed by atoms with Gasteiger partial charge in [-0.1, -0.05) is 13.0 Å². The van der Waals surface area contributed by atoms with Crippen LogP contribution in [0, 0.1) is 6.92 Å². The number of benzene rings is 2. The first kappa shape index (κ1) is 20.2. The summed E-state index contributed by atoms with van der Waals surface area (Å²) in [5, 5.41) is 3.98. The van der Waals surface area contributed by atoms with Gasteiger partial charge in [0.2, 0.25) is 5.13 Å². The number of aromatic nitrogens is 2. The van der Waals surface area contributed by atoms with Crippen LogP contribution in [-0.2, 0) is 16.3 Å². The summed E-state index contributed by atoms with van der Waals surface area (Å²) in [5.74, 6) is 0.258. The van der Waals surface area contributed by atoms with Gasteiger partial charge in [0.25, 0.3) is 5.91 Å². The normalized spacial score (nSPS) is 11.7. The van der Waals surface area contributed by atoms with Crippen molar-refractivity contribution in [2.75, 3.05) is 11.6 Å². The second-order valence-corrected chi connectivity index (χ2v) is 9.68. The van der Waals surface area contributed by atoms with Gasteiger partial charge in [0, 0.05) is 34.3 Å². The second kappa shape index (κ2) is 7.66. The van der Waals surface area contributed by atoms with Gasteiger partial charge in [-0.25, -0.2) is 8.42 Å². The van der Waals surface area contributed by atoms with Crippen molar-refractivity contribution >= 4 is 43.4 Å². The lowest BCUT2D eigenvalue weighted by atomic mass is 10.1. The average molecular weight is 442 g/mol. The molecule has 2 heterocycles. The Hall–Kier alpha value is -3.04. The third kappa shape index (κ3) is 3.86. The van der Waals surface area contributed by atoms with E-state index in [1.807, 2.05) is 25.1 Å². The van der Waals surface area contributed by atoms with E-state index in [9.17, 15) is 13.2 Å². The Bertz CT molecular complexity index is 1350. The monoisotopic (exact) mass is 441 g/mol. The van der Waals surface area contributed by atoms with Gasteiger partial charge in [-0.2, -0.15) is 9.36 Å². The van der Waals surface area contributed by atoms with Crippen LogP contribution >= 0.6 is 11.5 Å². The van der Waals surface area contributed by atoms with Crippen LogP contribution in [0.4, 0.5) is 5.13 Å². The van der Waals surface area contributed by atoms with Crippen molar-refractivity contribution in [3.63, 3.8) is 0 Å². The van der Waals surface area contributed by atoms with Crippen LogP contribution in [0.5, 0.6) is 0 Å². The van der Waals surface area contributed by atoms with Gasteiger partial charge in [-0.3, -0.25) is 10.1 Å². The minimum Gasteiger partial charge on any atom is -0.451 e. The first-order valence-corrected chi connectivity index (χ1v) is 11.9. The molecule has 0 aliphatic carbocycles. The number of hydrogen-bond acceptors (Lipinski definition) is 7. The zero-order chi connectivity index (χ0) is 21.5. The van der Waals surface area contributed by atoms with E-state index in [0.29, 0.717) is 22.1 Å². The maximum Gasteiger partial charge on any atom is 0.293 e. The van der Waals surface area contributed by atoms with E-state index in [1.165, 1.54) is 17.7 Å². The fourth-order valence-corrected chi connectivity index (χ4v) is 4.32. The molecule has 4 aromatic rings. The van der Waals surface area contributed by atoms with Gasteiger partial charge < -0.3 is 4.42 Å². The molecule has 30 heavy (non-hydrogen) atoms. The van der Waals surface area contributed by atoms with E-state index in [4.69, 9.17) is 4.42 Å². The molecule has 4 rings (SSSR count). The number of hydrogen-bond donors (Lipinski definition) is 1. The summed E-state index contributed by atoms with van der Waals surface area (Å²) >= 11 is 1.04. The largest absolute Gasteiger partial charge is 0.451 e. The molecule has 7 nitrogen and oxygen atoms in total. The van der Waals surface area contributed by atoms with Gasteiger partial charge in [0.1, 0.15) is 5.58 Å². The van der Waals surface area contributed by atoms with Gasteiger partial charge in [-0.05, 0) is 55.3 Å². The summed E-state index contributed by atoms with van der Waals surface area (Å²) in [5.41, 5.74) is 3.28. The molecule has 2 aromatic carbocycles. The lowest BCUT2D eigenvalue weighted by Gasteiger charge is -2.00. The predicted octanol–water partition coefficient (Wildman–Crippen LogP) is 4.48. The summed E-state index contributed by atoms with van der Waals surface area (Å²) in [4.78, 5) is 17.3. The highest BCUT2D eigenvalue weighted by Crippen LogP contribution is 2.28. The molecule has 0 unspecified atom stereocenters. The number of fused-ring (bicyclic) bond motifs is 1. The van der Waals surface area contributed by atoms with Crippen LogP contribution in [0.3, 0.4) is 0 Å². The Morgan fingerprint density at radius 2 is 1.90 bits per heavy atom. The van der Waals surface area contributed by atoms with E-state index in [0.717, 1.165) is 35.2 Å². The lowest BCUT2D eigenvalue weighted by Crippen LogP contribution is -2.11. The van der Waals surface area contributed by atoms with Crippen LogP contribution < -0.4 is 5.32 Å². The van der Waals surface area contributed by atoms with Gasteiger partial charge in [0.05, 0.1) is 4.90 Å². The molecule has 0 aliphatic heterocycles. The fourth-order valence-electron chi connectivity index (χ4n) is 3.10. The first-order valence-electron chi connectivity index (χ1n) is 9.24. The molecule has 0 spiro atoms. The molecular formula is C21H19N3O4S2. The molecule has 0 saturated carbocycles. The zero-order valence-corrected chi connectivity index (χ0v) is 18.2. The third-order valence-electron chi connectivity index (χ3n) is 4.80. The number of amides is 1. The molecule has 0 radical (unpaired) electrons. The Balaban J connectivity index is 1.56. The number of nitrogens with one attached hydrogen (secondary N) is 1. The lowest BCUT2D eigenvalue weighted by molar-refractivity contribution is 0.0998. The highest BCUT2D eigenvalue weighted by molar-refractivity contribution is 7.90. The van der Waals surface area contributed by atoms with Gasteiger partial charge >= 0.3 is 0 Å². The van der Waals surface area contributed by atoms with Crippen LogP contribution in [0.2, 0.25) is 0 Å². The topological polar surface area (TPSA) is 102 Å². The Kier molecular flexibility index (Phi) is 5.17. The maximum atomic E-state index is 12.7. The molecule has 1 N–H and O–H groups in total. The van der Waals surface area contributed by atoms with Crippen LogP contribution in [0.25, 0.3) is 22.4 Å². The molecule has 0 saturated heterocycles. The summed E-state index contributed by atoms with van der Waals surface area (Å²) < 4.78 is 33.2. The summed E-state index contributed by atoms with van der Waals surface area (Å²) in [7, 11) is -3.27. The van der Waals surface area contributed by atoms with Gasteiger partial charge in [0.15, 0.2) is 21.4 Å². The molecular weight excluding hydrogens is 422 g/mol. The van der Waals surface area contributed by atoms with Crippen LogP contribution in [0.15, 0.2) is 51.8 Å². The van der Waals surface area contributed by atoms with Crippen molar-refractivity contribution in [1.29, 1.82) is 0 Å². The number of anilines is 1. The van der Waals surface area contributed by atoms with Crippen molar-refractivity contribution in [2.24, 2.45) is 0 Å². The molecule has 9 heteroatoms. The standard InChI is InChI=1S/C21H19N3O4S2/c1-4-13-5-10-17-16(11-13)12(2)18(28-17)20(25)23-21-22-19(24-29-21)14-6-8-15(9-7-14)30(3,26)27/h5-11H,4H2,1-3H3,(H,22,23,24,25). The fraction of sp³-hybridized carbons (Fsp3) is 0.190. The number of sulfone groups is 1. The quantitative estimate of drug-likeness (QED) is 0.490. The molecule has 154 valence electrons. The number of carbonyl (C=O) groups is 1. The summed E-state index contributed by atoms with van der Waals surface area (Å²) in [6.45, 7) is 3.93. The second-order valence-electron chi connectivity index (χ2n) is 6.91. The SMILES string of the molecule is CCc1ccc2oc(C(=O)Nc3nc(-c4ccc(S(C)(=O)=O)cc4)ns3)c(C)c2c1. The molecule has 1 amide bonds. The highest BCUT2D eigenvalue weighted by Gasteiger charge is 2.20. The summed E-state index contributed by atoms with van der Waals surface area (Å²) in [6, 6.07) is 12.2. The van der Waals surface area contributed by atoms with E-state index >= 15 is 0 Å². The van der Waals surface area contributed by atoms with Crippen molar-refractivity contribution in [2.45, 2.75) is 25.2 Å². The minimum atomic E-state index is -3.27. The van der Waals surface area contributed by atoms with E-state index < -0.39 is 15.7 Å². The Morgan fingerprint density at radius 1 is 1.17 bits per heavy atom. The molecule has 0 aliphatic rings. The summed E-state index contributed by atoms with van der Waals surface area (Å²) in [6.07, 6.45) is 2.06. The van der Waals surface area contributed by atoms with E-state index in [1.54, 1.807) is 12.1 Å². The number of aryl methyl sites for hydroxylation is 2. The number of rotatable bonds is 5. The Morgan fingerprint density at radius 3 is 2.57 bits per heavy atom. The van der Waals surface area contributed by atoms with Crippen molar-refractivity contribution in [3.05, 3.63) is 59.4 Å². The highest BCUT2D eigenvalue weighted by atomic mass is 32.2. The van der Waals surface area contributed by atoms with Gasteiger partial charge in [-0.15, -0.1) is 0 Å². The first-order chi connectivity index (χ1) is 14.3. The number of nitrogens with zero attached hydrogens (tertiary/aromatic N) is 2. The smallest absolute Gasteiger partial charge is 0.293 e. The van der Waals surface area contributed by atoms with Crippen molar-refractivity contribution in [1.82, 2.24) is 9.36 Å². The van der Waals surface area contributed by atoms with E-state index in [2.05, 4.69) is 21.6 Å². The molecule has 2 aromatic heterocycles. The van der Waals surface area contributed by atoms with Crippen molar-refractivity contribution in [3.8, 4) is 11.4 Å². The number of carbonyl (C=O) groups excluding carboxylic acids is 1. The third-order valence-corrected chi connectivity index (χ3v) is 6.56. The molecule has 0 fully saturated rings. The Labute approximate surface area is 177 Å². The molecule has 0 bridgehead atoms. The van der Waals surface area contributed by atoms with E-state index in [-0.39, 0.29) is 10.7 Å². The molecule has 0 atom stereocenters.